The van der Waals surface area contributed by atoms with Crippen LogP contribution in [0.4, 0.5) is 0 Å². The maximum Gasteiger partial charge on any atom is 0.306 e. The van der Waals surface area contributed by atoms with Gasteiger partial charge in [-0.2, -0.15) is 8.42 Å². The molecule has 0 atom stereocenters. The second-order valence-corrected chi connectivity index (χ2v) is 7.47. The molecule has 0 amide bonds. The van der Waals surface area contributed by atoms with Gasteiger partial charge in [0, 0.05) is 16.1 Å². The zero-order valence-electron chi connectivity index (χ0n) is 12.2. The summed E-state index contributed by atoms with van der Waals surface area (Å²) in [6.45, 7) is 0. The number of hydrogen-bond acceptors (Lipinski definition) is 5. The molecular formula is C16H10Cl2O5S. The third-order valence-electron chi connectivity index (χ3n) is 3.14. The van der Waals surface area contributed by atoms with E-state index in [0.717, 1.165) is 6.26 Å². The number of Topliss-reactive ketones (excluding diaryl/α,β-unsaturated/α-hetero) is 1. The van der Waals surface area contributed by atoms with Crippen LogP contribution in [0.25, 0.3) is 6.08 Å². The molecule has 3 rings (SSSR count). The number of ketones is 1. The highest BCUT2D eigenvalue weighted by molar-refractivity contribution is 7.86. The molecule has 0 aromatic heterocycles. The summed E-state index contributed by atoms with van der Waals surface area (Å²) < 4.78 is 32.6. The van der Waals surface area contributed by atoms with Gasteiger partial charge in [-0.25, -0.2) is 0 Å². The van der Waals surface area contributed by atoms with Crippen LogP contribution in [0.2, 0.25) is 10.0 Å². The largest absolute Gasteiger partial charge is 0.452 e. The monoisotopic (exact) mass is 384 g/mol. The van der Waals surface area contributed by atoms with Crippen molar-refractivity contribution in [3.63, 3.8) is 0 Å². The quantitative estimate of drug-likeness (QED) is 0.591. The summed E-state index contributed by atoms with van der Waals surface area (Å²) in [5.74, 6) is 0.0277. The number of fused-ring (bicyclic) bond motifs is 1. The normalized spacial score (nSPS) is 15.3. The third-order valence-corrected chi connectivity index (χ3v) is 4.20. The Kier molecular flexibility index (Phi) is 4.29. The summed E-state index contributed by atoms with van der Waals surface area (Å²) in [7, 11) is -3.66. The molecule has 0 bridgehead atoms. The number of allylic oxidation sites excluding steroid dienone is 1. The Morgan fingerprint density at radius 1 is 1.12 bits per heavy atom. The van der Waals surface area contributed by atoms with Gasteiger partial charge in [-0.05, 0) is 35.9 Å². The standard InChI is InChI=1S/C16H10Cl2O5S/c1-24(20,21)23-11-4-5-12-14(8-11)22-15(16(12)19)6-9-2-3-10(17)7-13(9)18/h2-8H,1H3/b15-6-. The van der Waals surface area contributed by atoms with E-state index in [-0.39, 0.29) is 23.0 Å². The molecule has 0 spiro atoms. The third kappa shape index (κ3) is 3.56. The van der Waals surface area contributed by atoms with Crippen LogP contribution < -0.4 is 8.92 Å². The Morgan fingerprint density at radius 3 is 2.54 bits per heavy atom. The molecule has 24 heavy (non-hydrogen) atoms. The molecule has 0 aliphatic carbocycles. The highest BCUT2D eigenvalue weighted by Crippen LogP contribution is 2.36. The molecule has 1 aliphatic rings. The van der Waals surface area contributed by atoms with Crippen molar-refractivity contribution in [1.29, 1.82) is 0 Å². The Labute approximate surface area is 148 Å². The number of carbonyl (C=O) groups excluding carboxylic acids is 1. The maximum atomic E-state index is 12.4. The first-order valence-electron chi connectivity index (χ1n) is 6.66. The first-order chi connectivity index (χ1) is 11.2. The van der Waals surface area contributed by atoms with Crippen molar-refractivity contribution in [3.8, 4) is 11.5 Å². The van der Waals surface area contributed by atoms with E-state index in [1.54, 1.807) is 18.2 Å². The van der Waals surface area contributed by atoms with E-state index >= 15 is 0 Å². The van der Waals surface area contributed by atoms with Crippen molar-refractivity contribution < 1.29 is 22.1 Å². The number of halogens is 2. The van der Waals surface area contributed by atoms with Crippen LogP contribution in [-0.2, 0) is 10.1 Å². The van der Waals surface area contributed by atoms with Gasteiger partial charge >= 0.3 is 10.1 Å². The molecule has 1 heterocycles. The molecule has 0 saturated heterocycles. The van der Waals surface area contributed by atoms with Gasteiger partial charge in [0.25, 0.3) is 0 Å². The van der Waals surface area contributed by atoms with Gasteiger partial charge in [-0.15, -0.1) is 0 Å². The molecule has 0 radical (unpaired) electrons. The molecule has 0 unspecified atom stereocenters. The van der Waals surface area contributed by atoms with Crippen LogP contribution >= 0.6 is 23.2 Å². The molecule has 2 aromatic rings. The molecule has 1 aliphatic heterocycles. The molecular weight excluding hydrogens is 375 g/mol. The maximum absolute atomic E-state index is 12.4. The average molecular weight is 385 g/mol. The first-order valence-corrected chi connectivity index (χ1v) is 9.23. The molecule has 0 N–H and O–H groups in total. The van der Waals surface area contributed by atoms with E-state index in [0.29, 0.717) is 21.2 Å². The topological polar surface area (TPSA) is 69.7 Å². The van der Waals surface area contributed by atoms with Crippen LogP contribution in [0.15, 0.2) is 42.2 Å². The van der Waals surface area contributed by atoms with E-state index in [4.69, 9.17) is 32.1 Å². The van der Waals surface area contributed by atoms with E-state index in [2.05, 4.69) is 0 Å². The number of carbonyl (C=O) groups is 1. The van der Waals surface area contributed by atoms with E-state index < -0.39 is 10.1 Å². The minimum atomic E-state index is -3.66. The summed E-state index contributed by atoms with van der Waals surface area (Å²) in [4.78, 5) is 12.4. The lowest BCUT2D eigenvalue weighted by Gasteiger charge is -2.04. The first kappa shape index (κ1) is 16.8. The SMILES string of the molecule is CS(=O)(=O)Oc1ccc2c(c1)O/C(=C\c1ccc(Cl)cc1Cl)C2=O. The molecule has 8 heteroatoms. The summed E-state index contributed by atoms with van der Waals surface area (Å²) in [6, 6.07) is 9.04. The van der Waals surface area contributed by atoms with Crippen LogP contribution in [0.5, 0.6) is 11.5 Å². The predicted molar refractivity (Wildman–Crippen MR) is 91.3 cm³/mol. The van der Waals surface area contributed by atoms with E-state index in [9.17, 15) is 13.2 Å². The summed E-state index contributed by atoms with van der Waals surface area (Å²) in [5, 5.41) is 0.857. The lowest BCUT2D eigenvalue weighted by atomic mass is 10.1. The molecule has 0 fully saturated rings. The van der Waals surface area contributed by atoms with Crippen molar-refractivity contribution in [1.82, 2.24) is 0 Å². The summed E-state index contributed by atoms with van der Waals surface area (Å²) in [5.41, 5.74) is 0.886. The van der Waals surface area contributed by atoms with Crippen molar-refractivity contribution in [2.75, 3.05) is 6.26 Å². The van der Waals surface area contributed by atoms with Crippen molar-refractivity contribution >= 4 is 45.2 Å². The molecule has 2 aromatic carbocycles. The van der Waals surface area contributed by atoms with Crippen LogP contribution in [0.3, 0.4) is 0 Å². The fourth-order valence-corrected chi connectivity index (χ4v) is 3.07. The molecule has 124 valence electrons. The van der Waals surface area contributed by atoms with Gasteiger partial charge in [0.05, 0.1) is 11.8 Å². The number of ether oxygens (including phenoxy) is 1. The number of hydrogen-bond donors (Lipinski definition) is 0. The van der Waals surface area contributed by atoms with Crippen LogP contribution in [0, 0.1) is 0 Å². The van der Waals surface area contributed by atoms with Gasteiger partial charge in [0.2, 0.25) is 5.78 Å². The second kappa shape index (κ2) is 6.12. The second-order valence-electron chi connectivity index (χ2n) is 5.05. The van der Waals surface area contributed by atoms with Crippen LogP contribution in [-0.4, -0.2) is 20.5 Å². The average Bonchev–Trinajstić information content (AvgIpc) is 2.76. The zero-order chi connectivity index (χ0) is 17.5. The fraction of sp³-hybridized carbons (Fsp3) is 0.0625. The molecule has 5 nitrogen and oxygen atoms in total. The highest BCUT2D eigenvalue weighted by Gasteiger charge is 2.28. The van der Waals surface area contributed by atoms with Gasteiger partial charge in [0.1, 0.15) is 11.5 Å². The minimum absolute atomic E-state index is 0.0647. The van der Waals surface area contributed by atoms with Crippen molar-refractivity contribution in [3.05, 3.63) is 63.3 Å². The Morgan fingerprint density at radius 2 is 1.88 bits per heavy atom. The van der Waals surface area contributed by atoms with E-state index in [1.165, 1.54) is 24.3 Å². The van der Waals surface area contributed by atoms with Crippen molar-refractivity contribution in [2.45, 2.75) is 0 Å². The number of benzene rings is 2. The van der Waals surface area contributed by atoms with Gasteiger partial charge in [-0.3, -0.25) is 4.79 Å². The van der Waals surface area contributed by atoms with Gasteiger partial charge in [0.15, 0.2) is 5.76 Å². The lowest BCUT2D eigenvalue weighted by Crippen LogP contribution is -2.05. The molecule has 0 saturated carbocycles. The summed E-state index contributed by atoms with van der Waals surface area (Å²) in [6.07, 6.45) is 2.43. The predicted octanol–water partition coefficient (Wildman–Crippen LogP) is 3.95. The Hall–Kier alpha value is -2.02. The minimum Gasteiger partial charge on any atom is -0.452 e. The Balaban J connectivity index is 1.94. The van der Waals surface area contributed by atoms with Gasteiger partial charge in [-0.1, -0.05) is 29.3 Å². The zero-order valence-corrected chi connectivity index (χ0v) is 14.6. The highest BCUT2D eigenvalue weighted by atomic mass is 35.5. The summed E-state index contributed by atoms with van der Waals surface area (Å²) >= 11 is 11.9. The van der Waals surface area contributed by atoms with Gasteiger partial charge < -0.3 is 8.92 Å². The fourth-order valence-electron chi connectivity index (χ4n) is 2.15. The Bertz CT molecular complexity index is 980. The van der Waals surface area contributed by atoms with E-state index in [1.807, 2.05) is 0 Å². The lowest BCUT2D eigenvalue weighted by molar-refractivity contribution is 0.101. The van der Waals surface area contributed by atoms with Crippen molar-refractivity contribution in [2.24, 2.45) is 0 Å². The van der Waals surface area contributed by atoms with Crippen LogP contribution in [0.1, 0.15) is 15.9 Å². The smallest absolute Gasteiger partial charge is 0.306 e. The number of rotatable bonds is 3.